The molecule has 1 amide bonds. The lowest BCUT2D eigenvalue weighted by molar-refractivity contribution is -0.116. The van der Waals surface area contributed by atoms with Crippen LogP contribution >= 0.6 is 43.6 Å². The van der Waals surface area contributed by atoms with E-state index in [1.54, 1.807) is 0 Å². The smallest absolute Gasteiger partial charge is 0.260 e. The Morgan fingerprint density at radius 3 is 2.51 bits per heavy atom. The van der Waals surface area contributed by atoms with Crippen LogP contribution < -0.4 is 24.8 Å². The van der Waals surface area contributed by atoms with Crippen molar-refractivity contribution in [2.45, 2.75) is 25.4 Å². The number of aryl methyl sites for hydroxylation is 1. The Bertz CT molecular complexity index is 1270. The van der Waals surface area contributed by atoms with Crippen molar-refractivity contribution < 1.29 is 19.0 Å². The molecule has 3 aromatic carbocycles. The molecule has 2 aliphatic rings. The summed E-state index contributed by atoms with van der Waals surface area (Å²) in [6.07, 6.45) is 2.87. The van der Waals surface area contributed by atoms with Crippen molar-refractivity contribution in [2.75, 3.05) is 12.1 Å². The van der Waals surface area contributed by atoms with Crippen LogP contribution in [0.15, 0.2) is 68.4 Å². The highest BCUT2D eigenvalue weighted by atomic mass is 79.9. The van der Waals surface area contributed by atoms with Crippen LogP contribution in [0.5, 0.6) is 17.2 Å². The summed E-state index contributed by atoms with van der Waals surface area (Å²) >= 11 is 8.67. The number of hydrogen-bond donors (Lipinski definition) is 2. The minimum absolute atomic E-state index is 0.104. The molecule has 0 spiro atoms. The number of carbonyl (C=O) groups is 1. The number of ether oxygens (including phenoxy) is 3. The maximum absolute atomic E-state index is 12.5. The van der Waals surface area contributed by atoms with E-state index in [0.717, 1.165) is 43.7 Å². The highest BCUT2D eigenvalue weighted by Gasteiger charge is 2.27. The number of halogens is 2. The molecule has 1 atom stereocenters. The number of hydrogen-bond acceptors (Lipinski definition) is 6. The van der Waals surface area contributed by atoms with Crippen molar-refractivity contribution in [3.05, 3.63) is 85.1 Å². The van der Waals surface area contributed by atoms with E-state index in [-0.39, 0.29) is 18.2 Å². The summed E-state index contributed by atoms with van der Waals surface area (Å²) in [6.45, 7) is 2.74. The molecule has 0 unspecified atom stereocenters. The van der Waals surface area contributed by atoms with Crippen LogP contribution in [0, 0.1) is 0 Å². The van der Waals surface area contributed by atoms with Crippen molar-refractivity contribution in [3.63, 3.8) is 0 Å². The first-order valence-electron chi connectivity index (χ1n) is 11.0. The molecule has 0 aromatic heterocycles. The first kappa shape index (κ1) is 24.1. The minimum atomic E-state index is -0.225. The molecule has 0 saturated carbocycles. The quantitative estimate of drug-likeness (QED) is 0.288. The summed E-state index contributed by atoms with van der Waals surface area (Å²) in [5.74, 6) is 2.05. The molecule has 0 aliphatic carbocycles. The Morgan fingerprint density at radius 1 is 1.06 bits per heavy atom. The second kappa shape index (κ2) is 10.6. The van der Waals surface area contributed by atoms with E-state index in [0.29, 0.717) is 17.3 Å². The molecular weight excluding hydrogens is 596 g/mol. The van der Waals surface area contributed by atoms with Gasteiger partial charge in [0.2, 0.25) is 6.79 Å². The van der Waals surface area contributed by atoms with Gasteiger partial charge in [0, 0.05) is 5.69 Å². The first-order chi connectivity index (χ1) is 17.0. The predicted molar refractivity (Wildman–Crippen MR) is 146 cm³/mol. The van der Waals surface area contributed by atoms with E-state index in [9.17, 15) is 4.79 Å². The molecule has 35 heavy (non-hydrogen) atoms. The Hall–Kier alpha value is -2.62. The molecule has 2 N–H and O–H groups in total. The fourth-order valence-corrected chi connectivity index (χ4v) is 6.13. The second-order valence-electron chi connectivity index (χ2n) is 7.96. The van der Waals surface area contributed by atoms with Gasteiger partial charge in [-0.1, -0.05) is 36.9 Å². The molecule has 2 aliphatic heterocycles. The predicted octanol–water partition coefficient (Wildman–Crippen LogP) is 6.68. The summed E-state index contributed by atoms with van der Waals surface area (Å²) in [7, 11) is 0. The number of rotatable bonds is 7. The zero-order chi connectivity index (χ0) is 24.4. The summed E-state index contributed by atoms with van der Waals surface area (Å²) in [5.41, 5.74) is 3.87. The molecule has 6 nitrogen and oxygen atoms in total. The fraction of sp³-hybridized carbons (Fsp3) is 0.192. The van der Waals surface area contributed by atoms with Crippen molar-refractivity contribution >= 4 is 61.3 Å². The lowest BCUT2D eigenvalue weighted by Gasteiger charge is -2.13. The number of fused-ring (bicyclic) bond motifs is 1. The summed E-state index contributed by atoms with van der Waals surface area (Å²) < 4.78 is 18.4. The van der Waals surface area contributed by atoms with Gasteiger partial charge in [-0.2, -0.15) is 0 Å². The first-order valence-corrected chi connectivity index (χ1v) is 13.5. The van der Waals surface area contributed by atoms with Gasteiger partial charge in [-0.05, 0) is 97.4 Å². The average molecular weight is 618 g/mol. The number of nitrogens with one attached hydrogen (secondary N) is 2. The SMILES string of the molecule is CCc1ccc(N[C@@H]2NC(=O)/C(=C/c3cc(Br)c(OCc4ccc5c(c4)OCO5)c(Br)c3)S2)cc1. The molecule has 5 rings (SSSR count). The van der Waals surface area contributed by atoms with E-state index in [1.165, 1.54) is 17.3 Å². The van der Waals surface area contributed by atoms with E-state index in [4.69, 9.17) is 14.2 Å². The van der Waals surface area contributed by atoms with Gasteiger partial charge in [-0.3, -0.25) is 4.79 Å². The number of amides is 1. The van der Waals surface area contributed by atoms with Crippen LogP contribution in [0.3, 0.4) is 0 Å². The fourth-order valence-electron chi connectivity index (χ4n) is 3.69. The zero-order valence-corrected chi connectivity index (χ0v) is 22.8. The summed E-state index contributed by atoms with van der Waals surface area (Å²) in [5, 5.41) is 6.33. The molecule has 180 valence electrons. The maximum atomic E-state index is 12.5. The van der Waals surface area contributed by atoms with E-state index in [2.05, 4.69) is 61.5 Å². The molecule has 3 aromatic rings. The van der Waals surface area contributed by atoms with Crippen LogP contribution in [-0.4, -0.2) is 18.2 Å². The molecule has 2 heterocycles. The van der Waals surface area contributed by atoms with Gasteiger partial charge in [-0.15, -0.1) is 0 Å². The van der Waals surface area contributed by atoms with Gasteiger partial charge in [-0.25, -0.2) is 0 Å². The highest BCUT2D eigenvalue weighted by molar-refractivity contribution is 9.11. The van der Waals surface area contributed by atoms with Crippen LogP contribution in [0.4, 0.5) is 5.69 Å². The second-order valence-corrected chi connectivity index (χ2v) is 10.8. The minimum Gasteiger partial charge on any atom is -0.487 e. The van der Waals surface area contributed by atoms with Crippen LogP contribution in [0.1, 0.15) is 23.6 Å². The monoisotopic (exact) mass is 616 g/mol. The largest absolute Gasteiger partial charge is 0.487 e. The number of thioether (sulfide) groups is 1. The van der Waals surface area contributed by atoms with Crippen molar-refractivity contribution in [2.24, 2.45) is 0 Å². The number of benzene rings is 3. The normalized spacial score (nSPS) is 17.5. The zero-order valence-electron chi connectivity index (χ0n) is 18.8. The third-order valence-electron chi connectivity index (χ3n) is 5.53. The van der Waals surface area contributed by atoms with Crippen LogP contribution in [0.2, 0.25) is 0 Å². The topological polar surface area (TPSA) is 68.8 Å². The molecule has 9 heteroatoms. The molecule has 0 radical (unpaired) electrons. The van der Waals surface area contributed by atoms with Gasteiger partial charge < -0.3 is 24.8 Å². The summed E-state index contributed by atoms with van der Waals surface area (Å²) in [6, 6.07) is 17.9. The molecule has 1 fully saturated rings. The maximum Gasteiger partial charge on any atom is 0.260 e. The number of anilines is 1. The van der Waals surface area contributed by atoms with Gasteiger partial charge in [0.25, 0.3) is 5.91 Å². The van der Waals surface area contributed by atoms with Crippen LogP contribution in [0.25, 0.3) is 6.08 Å². The van der Waals surface area contributed by atoms with E-state index in [1.807, 2.05) is 48.5 Å². The van der Waals surface area contributed by atoms with Gasteiger partial charge >= 0.3 is 0 Å². The van der Waals surface area contributed by atoms with Crippen molar-refractivity contribution in [3.8, 4) is 17.2 Å². The third-order valence-corrected chi connectivity index (χ3v) is 7.74. The van der Waals surface area contributed by atoms with Crippen LogP contribution in [-0.2, 0) is 17.8 Å². The standard InChI is InChI=1S/C26H22Br2N2O4S/c1-2-15-3-6-18(7-4-15)29-26-30-25(31)23(35-26)12-17-9-19(27)24(20(28)10-17)32-13-16-5-8-21-22(11-16)34-14-33-21/h3-12,26,29H,2,13-14H2,1H3,(H,30,31)/b23-12-/t26-/m1/s1. The Balaban J connectivity index is 1.25. The molecular formula is C26H22Br2N2O4S. The van der Waals surface area contributed by atoms with Crippen molar-refractivity contribution in [1.82, 2.24) is 5.32 Å². The lowest BCUT2D eigenvalue weighted by Crippen LogP contribution is -2.30. The van der Waals surface area contributed by atoms with E-state index < -0.39 is 0 Å². The van der Waals surface area contributed by atoms with Gasteiger partial charge in [0.05, 0.1) is 13.9 Å². The summed E-state index contributed by atoms with van der Waals surface area (Å²) in [4.78, 5) is 13.2. The Labute approximate surface area is 224 Å². The van der Waals surface area contributed by atoms with Gasteiger partial charge in [0.1, 0.15) is 12.4 Å². The van der Waals surface area contributed by atoms with Gasteiger partial charge in [0.15, 0.2) is 17.0 Å². The Morgan fingerprint density at radius 2 is 1.77 bits per heavy atom. The number of carbonyl (C=O) groups excluding carboxylic acids is 1. The molecule has 0 bridgehead atoms. The van der Waals surface area contributed by atoms with E-state index >= 15 is 0 Å². The molecule has 1 saturated heterocycles. The van der Waals surface area contributed by atoms with Crippen molar-refractivity contribution in [1.29, 1.82) is 0 Å². The Kier molecular flexibility index (Phi) is 7.27. The average Bonchev–Trinajstić information content (AvgIpc) is 3.44. The lowest BCUT2D eigenvalue weighted by atomic mass is 10.1. The third kappa shape index (κ3) is 5.63. The highest BCUT2D eigenvalue weighted by Crippen LogP contribution is 2.38.